The number of halogens is 3. The topological polar surface area (TPSA) is 45.2 Å². The Morgan fingerprint density at radius 3 is 2.45 bits per heavy atom. The van der Waals surface area contributed by atoms with E-state index < -0.39 is 11.7 Å². The molecule has 194 valence electrons. The molecule has 1 amide bonds. The van der Waals surface area contributed by atoms with E-state index in [4.69, 9.17) is 0 Å². The van der Waals surface area contributed by atoms with Gasteiger partial charge in [0.2, 0.25) is 0 Å². The normalized spacial score (nSPS) is 14.9. The zero-order valence-corrected chi connectivity index (χ0v) is 21.2. The fourth-order valence-electron chi connectivity index (χ4n) is 5.13. The van der Waals surface area contributed by atoms with Crippen LogP contribution in [0.2, 0.25) is 0 Å². The van der Waals surface area contributed by atoms with Crippen molar-refractivity contribution in [1.29, 1.82) is 0 Å². The molecule has 1 N–H and O–H groups in total. The van der Waals surface area contributed by atoms with E-state index >= 15 is 0 Å². The number of likely N-dealkylation sites (N-methyl/N-ethyl adjacent to an activating group) is 1. The predicted molar refractivity (Wildman–Crippen MR) is 143 cm³/mol. The van der Waals surface area contributed by atoms with E-state index in [2.05, 4.69) is 28.3 Å². The van der Waals surface area contributed by atoms with Gasteiger partial charge in [-0.15, -0.1) is 0 Å². The van der Waals surface area contributed by atoms with E-state index in [0.29, 0.717) is 28.4 Å². The van der Waals surface area contributed by atoms with Crippen molar-refractivity contribution in [3.05, 3.63) is 119 Å². The van der Waals surface area contributed by atoms with Gasteiger partial charge < -0.3 is 5.32 Å². The third kappa shape index (κ3) is 5.48. The fraction of sp³-hybridized carbons (Fsp3) is 0.226. The number of fused-ring (bicyclic) bond motifs is 1. The monoisotopic (exact) mass is 515 g/mol. The number of amides is 1. The number of carbonyl (C=O) groups excluding carboxylic acids is 1. The minimum absolute atomic E-state index is 0.301. The van der Waals surface area contributed by atoms with Crippen LogP contribution in [-0.4, -0.2) is 28.9 Å². The molecule has 3 aromatic carbocycles. The van der Waals surface area contributed by atoms with Crippen LogP contribution in [0.3, 0.4) is 0 Å². The Hall–Kier alpha value is -3.97. The number of alkyl halides is 3. The number of nitrogens with zero attached hydrogens (tertiary/aromatic N) is 2. The summed E-state index contributed by atoms with van der Waals surface area (Å²) >= 11 is 0. The summed E-state index contributed by atoms with van der Waals surface area (Å²) in [4.78, 5) is 20.1. The Kier molecular flexibility index (Phi) is 7.04. The van der Waals surface area contributed by atoms with Crippen LogP contribution in [0.4, 0.5) is 18.9 Å². The molecule has 0 bridgehead atoms. The summed E-state index contributed by atoms with van der Waals surface area (Å²) in [5, 5.41) is 3.00. The molecule has 0 radical (unpaired) electrons. The molecule has 4 nitrogen and oxygen atoms in total. The molecule has 1 aromatic heterocycles. The van der Waals surface area contributed by atoms with Crippen molar-refractivity contribution < 1.29 is 18.0 Å². The maximum atomic E-state index is 13.4. The average Bonchev–Trinajstić information content (AvgIpc) is 3.32. The van der Waals surface area contributed by atoms with Crippen molar-refractivity contribution >= 4 is 11.6 Å². The van der Waals surface area contributed by atoms with E-state index in [1.807, 2.05) is 43.3 Å². The Bertz CT molecular complexity index is 1450. The maximum absolute atomic E-state index is 13.4. The number of benzene rings is 3. The standard InChI is InChI=1S/C31H28F3N3O/c1-20-6-5-8-28(29(20)21-9-12-24(13-10-21)31(32,33)34)30(38)36-25-14-11-22-17-27(18-23(22)16-25)37(2)19-26-7-3-4-15-35-26/h3-16,27H,17-19H2,1-2H3,(H,36,38)/t27-/m0/s1. The number of rotatable bonds is 6. The van der Waals surface area contributed by atoms with E-state index in [0.717, 1.165) is 42.8 Å². The number of anilines is 1. The van der Waals surface area contributed by atoms with Gasteiger partial charge >= 0.3 is 6.18 Å². The summed E-state index contributed by atoms with van der Waals surface area (Å²) in [6.07, 6.45) is -0.796. The lowest BCUT2D eigenvalue weighted by Gasteiger charge is -2.23. The first kappa shape index (κ1) is 25.7. The first-order valence-electron chi connectivity index (χ1n) is 12.5. The molecular weight excluding hydrogens is 487 g/mol. The summed E-state index contributed by atoms with van der Waals surface area (Å²) in [6, 6.07) is 22.5. The number of hydrogen-bond acceptors (Lipinski definition) is 3. The highest BCUT2D eigenvalue weighted by molar-refractivity contribution is 6.09. The van der Waals surface area contributed by atoms with Gasteiger partial charge in [-0.05, 0) is 97.1 Å². The van der Waals surface area contributed by atoms with Crippen molar-refractivity contribution in [2.75, 3.05) is 12.4 Å². The van der Waals surface area contributed by atoms with Crippen LogP contribution in [-0.2, 0) is 25.6 Å². The molecule has 1 heterocycles. The molecule has 0 aliphatic heterocycles. The smallest absolute Gasteiger partial charge is 0.322 e. The summed E-state index contributed by atoms with van der Waals surface area (Å²) < 4.78 is 39.1. The molecule has 4 aromatic rings. The zero-order valence-electron chi connectivity index (χ0n) is 21.2. The molecule has 38 heavy (non-hydrogen) atoms. The molecule has 1 aliphatic rings. The molecule has 1 aliphatic carbocycles. The largest absolute Gasteiger partial charge is 0.416 e. The molecule has 0 fully saturated rings. The van der Waals surface area contributed by atoms with Gasteiger partial charge in [-0.3, -0.25) is 14.7 Å². The van der Waals surface area contributed by atoms with Gasteiger partial charge in [0, 0.05) is 30.0 Å². The van der Waals surface area contributed by atoms with Gasteiger partial charge in [0.15, 0.2) is 0 Å². The van der Waals surface area contributed by atoms with Gasteiger partial charge in [0.05, 0.1) is 11.3 Å². The highest BCUT2D eigenvalue weighted by atomic mass is 19.4. The van der Waals surface area contributed by atoms with Crippen molar-refractivity contribution in [2.24, 2.45) is 0 Å². The highest BCUT2D eigenvalue weighted by Crippen LogP contribution is 2.34. The van der Waals surface area contributed by atoms with Gasteiger partial charge in [-0.1, -0.05) is 36.4 Å². The Morgan fingerprint density at radius 2 is 1.74 bits per heavy atom. The first-order chi connectivity index (χ1) is 18.2. The first-order valence-corrected chi connectivity index (χ1v) is 12.5. The molecule has 7 heteroatoms. The molecule has 0 saturated heterocycles. The fourth-order valence-corrected chi connectivity index (χ4v) is 5.13. The molecule has 1 atom stereocenters. The Morgan fingerprint density at radius 1 is 0.974 bits per heavy atom. The summed E-state index contributed by atoms with van der Waals surface area (Å²) in [5.74, 6) is -0.301. The van der Waals surface area contributed by atoms with Crippen LogP contribution in [0.25, 0.3) is 11.1 Å². The third-order valence-electron chi connectivity index (χ3n) is 7.15. The second-order valence-corrected chi connectivity index (χ2v) is 9.81. The second kappa shape index (κ2) is 10.4. The van der Waals surface area contributed by atoms with E-state index in [1.54, 1.807) is 18.3 Å². The SMILES string of the molecule is Cc1cccc(C(=O)Nc2ccc3c(c2)C[C@@H](N(C)Cc2ccccn2)C3)c1-c1ccc(C(F)(F)F)cc1. The molecular formula is C31H28F3N3O. The predicted octanol–water partition coefficient (Wildman–Crippen LogP) is 6.93. The van der Waals surface area contributed by atoms with Crippen molar-refractivity contribution in [3.8, 4) is 11.1 Å². The van der Waals surface area contributed by atoms with Crippen LogP contribution in [0, 0.1) is 6.92 Å². The molecule has 0 spiro atoms. The van der Waals surface area contributed by atoms with Gasteiger partial charge in [0.1, 0.15) is 0 Å². The van der Waals surface area contributed by atoms with Crippen molar-refractivity contribution in [2.45, 2.75) is 38.5 Å². The van der Waals surface area contributed by atoms with E-state index in [1.165, 1.54) is 23.3 Å². The number of carbonyl (C=O) groups is 1. The number of hydrogen-bond donors (Lipinski definition) is 1. The number of pyridine rings is 1. The average molecular weight is 516 g/mol. The summed E-state index contributed by atoms with van der Waals surface area (Å²) in [5.41, 5.74) is 5.88. The van der Waals surface area contributed by atoms with E-state index in [-0.39, 0.29) is 5.91 Å². The van der Waals surface area contributed by atoms with Crippen LogP contribution < -0.4 is 5.32 Å². The molecule has 0 unspecified atom stereocenters. The second-order valence-electron chi connectivity index (χ2n) is 9.81. The highest BCUT2D eigenvalue weighted by Gasteiger charge is 2.30. The minimum atomic E-state index is -4.41. The van der Waals surface area contributed by atoms with Crippen LogP contribution in [0.15, 0.2) is 85.1 Å². The Labute approximate surface area is 220 Å². The number of aryl methyl sites for hydroxylation is 1. The van der Waals surface area contributed by atoms with Crippen LogP contribution >= 0.6 is 0 Å². The van der Waals surface area contributed by atoms with Gasteiger partial charge in [0.25, 0.3) is 5.91 Å². The minimum Gasteiger partial charge on any atom is -0.322 e. The molecule has 0 saturated carbocycles. The van der Waals surface area contributed by atoms with Gasteiger partial charge in [-0.25, -0.2) is 0 Å². The van der Waals surface area contributed by atoms with Crippen molar-refractivity contribution in [1.82, 2.24) is 9.88 Å². The number of nitrogens with one attached hydrogen (secondary N) is 1. The van der Waals surface area contributed by atoms with Crippen LogP contribution in [0.1, 0.15) is 38.3 Å². The number of aromatic nitrogens is 1. The quantitative estimate of drug-likeness (QED) is 0.303. The lowest BCUT2D eigenvalue weighted by atomic mass is 9.93. The lowest BCUT2D eigenvalue weighted by molar-refractivity contribution is -0.137. The Balaban J connectivity index is 1.32. The lowest BCUT2D eigenvalue weighted by Crippen LogP contribution is -2.31. The van der Waals surface area contributed by atoms with E-state index in [9.17, 15) is 18.0 Å². The summed E-state index contributed by atoms with van der Waals surface area (Å²) in [6.45, 7) is 2.62. The maximum Gasteiger partial charge on any atom is 0.416 e. The molecule has 5 rings (SSSR count). The van der Waals surface area contributed by atoms with Gasteiger partial charge in [-0.2, -0.15) is 13.2 Å². The summed E-state index contributed by atoms with van der Waals surface area (Å²) in [7, 11) is 2.11. The third-order valence-corrected chi connectivity index (χ3v) is 7.15. The van der Waals surface area contributed by atoms with Crippen LogP contribution in [0.5, 0.6) is 0 Å². The van der Waals surface area contributed by atoms with Crippen molar-refractivity contribution in [3.63, 3.8) is 0 Å². The zero-order chi connectivity index (χ0) is 26.9.